The molecule has 0 amide bonds. The SMILES string of the molecule is Cc1nn(C)cc1CN1CCC[C@H](c2cncc(Oc3cccnc3)n2)C1. The number of rotatable bonds is 5. The smallest absolute Gasteiger partial charge is 0.238 e. The van der Waals surface area contributed by atoms with Gasteiger partial charge in [-0.05, 0) is 38.4 Å². The van der Waals surface area contributed by atoms with Gasteiger partial charge in [0.15, 0.2) is 0 Å². The zero-order valence-corrected chi connectivity index (χ0v) is 15.7. The van der Waals surface area contributed by atoms with Gasteiger partial charge < -0.3 is 4.74 Å². The van der Waals surface area contributed by atoms with Gasteiger partial charge in [0.2, 0.25) is 5.88 Å². The number of aryl methyl sites for hydroxylation is 2. The van der Waals surface area contributed by atoms with Crippen LogP contribution in [0, 0.1) is 6.92 Å². The van der Waals surface area contributed by atoms with Crippen molar-refractivity contribution in [1.29, 1.82) is 0 Å². The van der Waals surface area contributed by atoms with Crippen LogP contribution in [0.4, 0.5) is 0 Å². The molecule has 0 unspecified atom stereocenters. The molecule has 0 aromatic carbocycles. The van der Waals surface area contributed by atoms with Crippen molar-refractivity contribution in [1.82, 2.24) is 29.6 Å². The van der Waals surface area contributed by atoms with Crippen LogP contribution in [0.15, 0.2) is 43.1 Å². The highest BCUT2D eigenvalue weighted by atomic mass is 16.5. The number of hydrogen-bond donors (Lipinski definition) is 0. The van der Waals surface area contributed by atoms with Crippen molar-refractivity contribution in [2.45, 2.75) is 32.2 Å². The van der Waals surface area contributed by atoms with Crippen LogP contribution in [0.25, 0.3) is 0 Å². The molecule has 140 valence electrons. The molecular formula is C20H24N6O. The highest BCUT2D eigenvalue weighted by molar-refractivity contribution is 5.23. The lowest BCUT2D eigenvalue weighted by Gasteiger charge is -2.32. The van der Waals surface area contributed by atoms with Crippen LogP contribution in [0.1, 0.15) is 35.7 Å². The lowest BCUT2D eigenvalue weighted by molar-refractivity contribution is 0.197. The molecule has 4 heterocycles. The number of aromatic nitrogens is 5. The zero-order valence-electron chi connectivity index (χ0n) is 15.7. The second kappa shape index (κ2) is 7.84. The molecule has 7 nitrogen and oxygen atoms in total. The highest BCUT2D eigenvalue weighted by Gasteiger charge is 2.24. The number of pyridine rings is 1. The van der Waals surface area contributed by atoms with E-state index in [4.69, 9.17) is 9.72 Å². The lowest BCUT2D eigenvalue weighted by Crippen LogP contribution is -2.34. The number of ether oxygens (including phenoxy) is 1. The van der Waals surface area contributed by atoms with Gasteiger partial charge in [-0.3, -0.25) is 19.5 Å². The van der Waals surface area contributed by atoms with Crippen molar-refractivity contribution in [2.24, 2.45) is 7.05 Å². The zero-order chi connectivity index (χ0) is 18.6. The molecule has 0 N–H and O–H groups in total. The molecule has 7 heteroatoms. The number of nitrogens with zero attached hydrogens (tertiary/aromatic N) is 6. The van der Waals surface area contributed by atoms with Crippen LogP contribution < -0.4 is 4.74 Å². The van der Waals surface area contributed by atoms with E-state index in [1.165, 1.54) is 5.56 Å². The Kier molecular flexibility index (Phi) is 5.11. The average molecular weight is 364 g/mol. The van der Waals surface area contributed by atoms with Crippen LogP contribution >= 0.6 is 0 Å². The summed E-state index contributed by atoms with van der Waals surface area (Å²) in [7, 11) is 1.97. The fourth-order valence-electron chi connectivity index (χ4n) is 3.62. The summed E-state index contributed by atoms with van der Waals surface area (Å²) >= 11 is 0. The Morgan fingerprint density at radius 3 is 2.93 bits per heavy atom. The third-order valence-corrected chi connectivity index (χ3v) is 4.92. The van der Waals surface area contributed by atoms with Crippen molar-refractivity contribution >= 4 is 0 Å². The van der Waals surface area contributed by atoms with Gasteiger partial charge in [-0.25, -0.2) is 4.98 Å². The van der Waals surface area contributed by atoms with E-state index in [0.717, 1.165) is 43.9 Å². The van der Waals surface area contributed by atoms with E-state index in [-0.39, 0.29) is 0 Å². The van der Waals surface area contributed by atoms with Crippen LogP contribution in [0.2, 0.25) is 0 Å². The van der Waals surface area contributed by atoms with Gasteiger partial charge in [0, 0.05) is 50.2 Å². The van der Waals surface area contributed by atoms with Crippen LogP contribution in [0.3, 0.4) is 0 Å². The molecule has 1 fully saturated rings. The molecule has 1 atom stereocenters. The van der Waals surface area contributed by atoms with Crippen molar-refractivity contribution in [3.05, 3.63) is 60.1 Å². The number of piperidine rings is 1. The first-order valence-corrected chi connectivity index (χ1v) is 9.28. The van der Waals surface area contributed by atoms with Gasteiger partial charge in [-0.2, -0.15) is 5.10 Å². The molecule has 3 aromatic rings. The third-order valence-electron chi connectivity index (χ3n) is 4.92. The van der Waals surface area contributed by atoms with E-state index in [1.807, 2.05) is 30.1 Å². The summed E-state index contributed by atoms with van der Waals surface area (Å²) in [4.78, 5) is 15.6. The topological polar surface area (TPSA) is 69.0 Å². The Balaban J connectivity index is 1.45. The molecular weight excluding hydrogens is 340 g/mol. The van der Waals surface area contributed by atoms with Gasteiger partial charge in [0.25, 0.3) is 0 Å². The summed E-state index contributed by atoms with van der Waals surface area (Å²) in [6.45, 7) is 5.07. The summed E-state index contributed by atoms with van der Waals surface area (Å²) in [6, 6.07) is 3.70. The van der Waals surface area contributed by atoms with Gasteiger partial charge in [0.1, 0.15) is 5.75 Å². The molecule has 1 saturated heterocycles. The molecule has 0 bridgehead atoms. The third kappa shape index (κ3) is 4.31. The second-order valence-corrected chi connectivity index (χ2v) is 7.06. The number of likely N-dealkylation sites (tertiary alicyclic amines) is 1. The Labute approximate surface area is 159 Å². The van der Waals surface area contributed by atoms with E-state index < -0.39 is 0 Å². The Hall–Kier alpha value is -2.80. The first-order valence-electron chi connectivity index (χ1n) is 9.28. The van der Waals surface area contributed by atoms with Gasteiger partial charge in [0.05, 0.1) is 23.8 Å². The van der Waals surface area contributed by atoms with Crippen LogP contribution in [0.5, 0.6) is 11.6 Å². The summed E-state index contributed by atoms with van der Waals surface area (Å²) in [5, 5.41) is 4.45. The second-order valence-electron chi connectivity index (χ2n) is 7.06. The van der Waals surface area contributed by atoms with Crippen molar-refractivity contribution in [3.63, 3.8) is 0 Å². The fraction of sp³-hybridized carbons (Fsp3) is 0.400. The predicted octanol–water partition coefficient (Wildman–Crippen LogP) is 3.09. The number of hydrogen-bond acceptors (Lipinski definition) is 6. The Bertz CT molecular complexity index is 894. The first kappa shape index (κ1) is 17.6. The van der Waals surface area contributed by atoms with Crippen LogP contribution in [-0.2, 0) is 13.6 Å². The fourth-order valence-corrected chi connectivity index (χ4v) is 3.62. The van der Waals surface area contributed by atoms with E-state index >= 15 is 0 Å². The van der Waals surface area contributed by atoms with Gasteiger partial charge in [-0.1, -0.05) is 0 Å². The quantitative estimate of drug-likeness (QED) is 0.693. The molecule has 1 aliphatic rings. The van der Waals surface area contributed by atoms with Gasteiger partial charge >= 0.3 is 0 Å². The first-order chi connectivity index (χ1) is 13.2. The molecule has 4 rings (SSSR count). The Morgan fingerprint density at radius 2 is 2.15 bits per heavy atom. The predicted molar refractivity (Wildman–Crippen MR) is 102 cm³/mol. The highest BCUT2D eigenvalue weighted by Crippen LogP contribution is 2.28. The van der Waals surface area contributed by atoms with E-state index in [0.29, 0.717) is 17.5 Å². The van der Waals surface area contributed by atoms with Gasteiger partial charge in [-0.15, -0.1) is 0 Å². The summed E-state index contributed by atoms with van der Waals surface area (Å²) in [5.74, 6) is 1.54. The lowest BCUT2D eigenvalue weighted by atomic mass is 9.94. The molecule has 0 radical (unpaired) electrons. The molecule has 1 aliphatic heterocycles. The molecule has 3 aromatic heterocycles. The largest absolute Gasteiger partial charge is 0.436 e. The normalized spacial score (nSPS) is 17.8. The summed E-state index contributed by atoms with van der Waals surface area (Å²) in [5.41, 5.74) is 3.38. The van der Waals surface area contributed by atoms with E-state index in [2.05, 4.69) is 33.1 Å². The maximum absolute atomic E-state index is 5.79. The van der Waals surface area contributed by atoms with Crippen LogP contribution in [-0.4, -0.2) is 42.7 Å². The average Bonchev–Trinajstić information content (AvgIpc) is 3.00. The maximum Gasteiger partial charge on any atom is 0.238 e. The minimum Gasteiger partial charge on any atom is -0.436 e. The van der Waals surface area contributed by atoms with E-state index in [1.54, 1.807) is 18.6 Å². The Morgan fingerprint density at radius 1 is 1.22 bits per heavy atom. The standard InChI is InChI=1S/C20H24N6O/c1-15-17(12-25(2)24-15)14-26-8-4-5-16(13-26)19-10-22-11-20(23-19)27-18-6-3-7-21-9-18/h3,6-7,9-12,16H,4-5,8,13-14H2,1-2H3/t16-/m0/s1. The van der Waals surface area contributed by atoms with Crippen molar-refractivity contribution < 1.29 is 4.74 Å². The van der Waals surface area contributed by atoms with Crippen molar-refractivity contribution in [2.75, 3.05) is 13.1 Å². The minimum absolute atomic E-state index is 0.362. The molecule has 0 spiro atoms. The van der Waals surface area contributed by atoms with Crippen molar-refractivity contribution in [3.8, 4) is 11.6 Å². The molecule has 27 heavy (non-hydrogen) atoms. The summed E-state index contributed by atoms with van der Waals surface area (Å²) < 4.78 is 7.68. The minimum atomic E-state index is 0.362. The molecule has 0 saturated carbocycles. The molecule has 0 aliphatic carbocycles. The van der Waals surface area contributed by atoms with E-state index in [9.17, 15) is 0 Å². The monoisotopic (exact) mass is 364 g/mol. The summed E-state index contributed by atoms with van der Waals surface area (Å²) in [6.07, 6.45) is 11.3. The maximum atomic E-state index is 5.79.